The van der Waals surface area contributed by atoms with Crippen LogP contribution in [0, 0.1) is 5.82 Å². The van der Waals surface area contributed by atoms with E-state index in [1.54, 1.807) is 11.4 Å². The molecule has 7 nitrogen and oxygen atoms in total. The van der Waals surface area contributed by atoms with Crippen molar-refractivity contribution in [1.82, 2.24) is 20.4 Å². The van der Waals surface area contributed by atoms with Gasteiger partial charge in [-0.25, -0.2) is 9.37 Å². The maximum atomic E-state index is 12.8. The number of nitrogens with zero attached hydrogens (tertiary/aromatic N) is 2. The Morgan fingerprint density at radius 2 is 1.85 bits per heavy atom. The highest BCUT2D eigenvalue weighted by molar-refractivity contribution is 7.16. The third-order valence-corrected chi connectivity index (χ3v) is 4.47. The van der Waals surface area contributed by atoms with Crippen molar-refractivity contribution in [2.24, 2.45) is 0 Å². The number of carbonyl (C=O) groups excluding carboxylic acids is 2. The number of hydrogen-bond acceptors (Lipinski definition) is 5. The largest absolute Gasteiger partial charge is 0.298 e. The van der Waals surface area contributed by atoms with E-state index in [0.29, 0.717) is 15.8 Å². The monoisotopic (exact) mass is 374 g/mol. The van der Waals surface area contributed by atoms with Crippen molar-refractivity contribution in [1.29, 1.82) is 0 Å². The molecular formula is C17H15FN4O3S. The number of aryl methyl sites for hydroxylation is 1. The number of rotatable bonds is 5. The lowest BCUT2D eigenvalue weighted by Gasteiger charge is -2.08. The number of aromatic nitrogens is 2. The first-order valence-corrected chi connectivity index (χ1v) is 8.65. The fourth-order valence-electron chi connectivity index (χ4n) is 2.31. The first-order chi connectivity index (χ1) is 12.5. The summed E-state index contributed by atoms with van der Waals surface area (Å²) in [5, 5.41) is 2.30. The second-order valence-corrected chi connectivity index (χ2v) is 6.43. The van der Waals surface area contributed by atoms with Gasteiger partial charge < -0.3 is 0 Å². The summed E-state index contributed by atoms with van der Waals surface area (Å²) in [4.78, 5) is 40.6. The van der Waals surface area contributed by atoms with Gasteiger partial charge in [0.15, 0.2) is 0 Å². The van der Waals surface area contributed by atoms with E-state index in [2.05, 4.69) is 15.8 Å². The molecule has 0 saturated heterocycles. The zero-order chi connectivity index (χ0) is 18.5. The minimum absolute atomic E-state index is 0.00799. The van der Waals surface area contributed by atoms with Crippen LogP contribution in [0.25, 0.3) is 10.2 Å². The van der Waals surface area contributed by atoms with E-state index in [1.807, 2.05) is 0 Å². The van der Waals surface area contributed by atoms with Crippen molar-refractivity contribution in [3.8, 4) is 0 Å². The predicted octanol–water partition coefficient (Wildman–Crippen LogP) is 1.38. The number of benzene rings is 1. The summed E-state index contributed by atoms with van der Waals surface area (Å²) in [7, 11) is 0. The molecule has 2 N–H and O–H groups in total. The second kappa shape index (κ2) is 7.87. The van der Waals surface area contributed by atoms with Gasteiger partial charge in [-0.05, 0) is 29.1 Å². The van der Waals surface area contributed by atoms with E-state index in [1.165, 1.54) is 46.5 Å². The van der Waals surface area contributed by atoms with Crippen LogP contribution < -0.4 is 16.4 Å². The highest BCUT2D eigenvalue weighted by Crippen LogP contribution is 2.13. The second-order valence-electron chi connectivity index (χ2n) is 5.53. The van der Waals surface area contributed by atoms with Gasteiger partial charge >= 0.3 is 0 Å². The van der Waals surface area contributed by atoms with Gasteiger partial charge in [-0.2, -0.15) is 0 Å². The Kier molecular flexibility index (Phi) is 5.37. The topological polar surface area (TPSA) is 93.1 Å². The molecule has 9 heteroatoms. The summed E-state index contributed by atoms with van der Waals surface area (Å²) >= 11 is 1.38. The van der Waals surface area contributed by atoms with Crippen LogP contribution in [0.2, 0.25) is 0 Å². The van der Waals surface area contributed by atoms with Crippen molar-refractivity contribution < 1.29 is 14.0 Å². The number of amides is 2. The van der Waals surface area contributed by atoms with Crippen LogP contribution in [0.1, 0.15) is 12.0 Å². The minimum atomic E-state index is -0.435. The summed E-state index contributed by atoms with van der Waals surface area (Å²) in [5.41, 5.74) is 5.00. The third-order valence-electron chi connectivity index (χ3n) is 3.65. The predicted molar refractivity (Wildman–Crippen MR) is 94.9 cm³/mol. The number of halogens is 1. The maximum Gasteiger partial charge on any atom is 0.262 e. The van der Waals surface area contributed by atoms with Crippen LogP contribution in [-0.4, -0.2) is 21.4 Å². The van der Waals surface area contributed by atoms with Crippen molar-refractivity contribution >= 4 is 33.4 Å². The average molecular weight is 374 g/mol. The molecule has 134 valence electrons. The highest BCUT2D eigenvalue weighted by Gasteiger charge is 2.09. The molecule has 26 heavy (non-hydrogen) atoms. The molecule has 3 rings (SSSR count). The van der Waals surface area contributed by atoms with Gasteiger partial charge in [0.2, 0.25) is 11.8 Å². The first-order valence-electron chi connectivity index (χ1n) is 7.78. The van der Waals surface area contributed by atoms with Gasteiger partial charge in [0.25, 0.3) is 5.56 Å². The smallest absolute Gasteiger partial charge is 0.262 e. The van der Waals surface area contributed by atoms with Gasteiger partial charge in [-0.15, -0.1) is 11.3 Å². The molecule has 0 radical (unpaired) electrons. The van der Waals surface area contributed by atoms with E-state index < -0.39 is 11.8 Å². The van der Waals surface area contributed by atoms with Crippen molar-refractivity contribution in [2.75, 3.05) is 0 Å². The number of fused-ring (bicyclic) bond motifs is 1. The summed E-state index contributed by atoms with van der Waals surface area (Å²) in [6, 6.07) is 7.21. The van der Waals surface area contributed by atoms with E-state index in [-0.39, 0.29) is 30.8 Å². The Hall–Kier alpha value is -3.07. The molecule has 0 aliphatic heterocycles. The summed E-state index contributed by atoms with van der Waals surface area (Å²) < 4.78 is 14.2. The number of nitrogens with one attached hydrogen (secondary N) is 2. The molecule has 2 aromatic heterocycles. The van der Waals surface area contributed by atoms with E-state index >= 15 is 0 Å². The zero-order valence-electron chi connectivity index (χ0n) is 13.6. The van der Waals surface area contributed by atoms with E-state index in [9.17, 15) is 18.8 Å². The average Bonchev–Trinajstić information content (AvgIpc) is 3.11. The minimum Gasteiger partial charge on any atom is -0.298 e. The molecule has 0 aliphatic carbocycles. The lowest BCUT2D eigenvalue weighted by Crippen LogP contribution is -2.42. The molecule has 0 unspecified atom stereocenters. The molecule has 0 atom stereocenters. The van der Waals surface area contributed by atoms with Crippen LogP contribution in [0.15, 0.2) is 46.8 Å². The quantitative estimate of drug-likeness (QED) is 0.660. The van der Waals surface area contributed by atoms with Crippen LogP contribution in [-0.2, 0) is 22.6 Å². The molecule has 0 fully saturated rings. The summed E-state index contributed by atoms with van der Waals surface area (Å²) in [5.74, 6) is -1.24. The summed E-state index contributed by atoms with van der Waals surface area (Å²) in [6.45, 7) is 0.150. The van der Waals surface area contributed by atoms with Crippen LogP contribution in [0.3, 0.4) is 0 Å². The fourth-order valence-corrected chi connectivity index (χ4v) is 3.03. The molecule has 0 spiro atoms. The molecule has 0 saturated carbocycles. The fraction of sp³-hybridized carbons (Fsp3) is 0.176. The summed E-state index contributed by atoms with van der Waals surface area (Å²) in [6.07, 6.45) is 1.42. The van der Waals surface area contributed by atoms with Gasteiger partial charge in [0.05, 0.1) is 18.1 Å². The van der Waals surface area contributed by atoms with Crippen LogP contribution >= 0.6 is 11.3 Å². The Morgan fingerprint density at radius 3 is 2.62 bits per heavy atom. The van der Waals surface area contributed by atoms with E-state index in [4.69, 9.17) is 0 Å². The molecule has 2 amide bonds. The number of carbonyl (C=O) groups is 2. The van der Waals surface area contributed by atoms with Gasteiger partial charge in [0, 0.05) is 13.0 Å². The van der Waals surface area contributed by atoms with Crippen LogP contribution in [0.5, 0.6) is 0 Å². The molecule has 2 heterocycles. The zero-order valence-corrected chi connectivity index (χ0v) is 14.4. The van der Waals surface area contributed by atoms with Crippen molar-refractivity contribution in [3.63, 3.8) is 0 Å². The van der Waals surface area contributed by atoms with E-state index in [0.717, 1.165) is 0 Å². The molecule has 1 aromatic carbocycles. The molecular weight excluding hydrogens is 359 g/mol. The van der Waals surface area contributed by atoms with Gasteiger partial charge in [-0.1, -0.05) is 12.1 Å². The Bertz CT molecular complexity index is 997. The van der Waals surface area contributed by atoms with Crippen LogP contribution in [0.4, 0.5) is 4.39 Å². The lowest BCUT2D eigenvalue weighted by molar-refractivity contribution is -0.128. The number of hydrazine groups is 1. The standard InChI is InChI=1S/C17H15FN4O3S/c18-12-3-1-11(2-4-12)9-15(24)21-20-14(23)5-7-22-10-19-16-13(17(22)25)6-8-26-16/h1-4,6,8,10H,5,7,9H2,(H,20,23)(H,21,24). The highest BCUT2D eigenvalue weighted by atomic mass is 32.1. The van der Waals surface area contributed by atoms with Crippen molar-refractivity contribution in [2.45, 2.75) is 19.4 Å². The number of hydrogen-bond donors (Lipinski definition) is 2. The first kappa shape index (κ1) is 17.7. The lowest BCUT2D eigenvalue weighted by atomic mass is 10.1. The SMILES string of the molecule is O=C(CCn1cnc2sccc2c1=O)NNC(=O)Cc1ccc(F)cc1. The third kappa shape index (κ3) is 4.31. The number of thiophene rings is 1. The molecule has 3 aromatic rings. The van der Waals surface area contributed by atoms with Gasteiger partial charge in [0.1, 0.15) is 10.6 Å². The van der Waals surface area contributed by atoms with Gasteiger partial charge in [-0.3, -0.25) is 29.8 Å². The Labute approximate surface area is 151 Å². The molecule has 0 bridgehead atoms. The Morgan fingerprint density at radius 1 is 1.12 bits per heavy atom. The molecule has 0 aliphatic rings. The Balaban J connectivity index is 1.47. The normalized spacial score (nSPS) is 10.7. The maximum absolute atomic E-state index is 12.8. The van der Waals surface area contributed by atoms with Crippen molar-refractivity contribution in [3.05, 3.63) is 63.8 Å².